The Balaban J connectivity index is 2.69. The van der Waals surface area contributed by atoms with Gasteiger partial charge in [0.2, 0.25) is 5.91 Å². The van der Waals surface area contributed by atoms with Crippen molar-refractivity contribution in [1.82, 2.24) is 5.32 Å². The number of rotatable bonds is 5. The van der Waals surface area contributed by atoms with Crippen LogP contribution in [0.4, 0.5) is 11.4 Å². The van der Waals surface area contributed by atoms with Crippen molar-refractivity contribution in [2.24, 2.45) is 0 Å². The third kappa shape index (κ3) is 6.41. The van der Waals surface area contributed by atoms with E-state index >= 15 is 0 Å². The van der Waals surface area contributed by atoms with E-state index in [0.29, 0.717) is 0 Å². The molecule has 8 nitrogen and oxygen atoms in total. The lowest BCUT2D eigenvalue weighted by Gasteiger charge is -2.08. The van der Waals surface area contributed by atoms with Crippen molar-refractivity contribution < 1.29 is 19.2 Å². The quantitative estimate of drug-likeness (QED) is 0.273. The van der Waals surface area contributed by atoms with Gasteiger partial charge < -0.3 is 10.1 Å². The zero-order valence-corrected chi connectivity index (χ0v) is 13.4. The average Bonchev–Trinajstić information content (AvgIpc) is 2.47. The Hall–Kier alpha value is -2.52. The van der Waals surface area contributed by atoms with Crippen LogP contribution in [-0.4, -0.2) is 28.5 Å². The standard InChI is InChI=1S/C13H12ClN3O5S/c1-2-22-12(19)6-5-11(18)16-13(23)15-9-4-3-8(14)7-10(9)17(20)21/h3-7H,2H2,1H3,(H2,15,16,18,23)/b6-5+. The van der Waals surface area contributed by atoms with Gasteiger partial charge in [-0.1, -0.05) is 11.6 Å². The Morgan fingerprint density at radius 2 is 2.13 bits per heavy atom. The molecular formula is C13H12ClN3O5S. The third-order valence-corrected chi connectivity index (χ3v) is 2.74. The van der Waals surface area contributed by atoms with Gasteiger partial charge in [0.1, 0.15) is 5.69 Å². The second-order valence-electron chi connectivity index (χ2n) is 3.95. The van der Waals surface area contributed by atoms with Gasteiger partial charge in [-0.2, -0.15) is 0 Å². The number of nitro benzene ring substituents is 1. The molecule has 0 saturated carbocycles. The summed E-state index contributed by atoms with van der Waals surface area (Å²) in [5, 5.41) is 15.7. The second-order valence-corrected chi connectivity index (χ2v) is 4.79. The summed E-state index contributed by atoms with van der Waals surface area (Å²) in [6, 6.07) is 3.93. The largest absolute Gasteiger partial charge is 0.463 e. The molecule has 1 amide bonds. The first kappa shape index (κ1) is 18.5. The highest BCUT2D eigenvalue weighted by Gasteiger charge is 2.15. The fourth-order valence-corrected chi connectivity index (χ4v) is 1.78. The molecule has 23 heavy (non-hydrogen) atoms. The van der Waals surface area contributed by atoms with E-state index in [1.54, 1.807) is 6.92 Å². The number of ether oxygens (including phenoxy) is 1. The smallest absolute Gasteiger partial charge is 0.330 e. The van der Waals surface area contributed by atoms with Gasteiger partial charge in [-0.3, -0.25) is 20.2 Å². The fourth-order valence-electron chi connectivity index (χ4n) is 1.40. The highest BCUT2D eigenvalue weighted by Crippen LogP contribution is 2.27. The molecule has 0 saturated heterocycles. The lowest BCUT2D eigenvalue weighted by molar-refractivity contribution is -0.383. The van der Waals surface area contributed by atoms with Crippen LogP contribution >= 0.6 is 23.8 Å². The van der Waals surface area contributed by atoms with Gasteiger partial charge in [0, 0.05) is 23.2 Å². The molecule has 0 aliphatic carbocycles. The summed E-state index contributed by atoms with van der Waals surface area (Å²) in [4.78, 5) is 32.9. The van der Waals surface area contributed by atoms with Crippen molar-refractivity contribution >= 4 is 52.2 Å². The fraction of sp³-hybridized carbons (Fsp3) is 0.154. The van der Waals surface area contributed by atoms with Gasteiger partial charge in [-0.05, 0) is 31.3 Å². The van der Waals surface area contributed by atoms with E-state index in [-0.39, 0.29) is 28.1 Å². The molecule has 0 bridgehead atoms. The maximum atomic E-state index is 11.5. The number of thiocarbonyl (C=S) groups is 1. The van der Waals surface area contributed by atoms with E-state index in [9.17, 15) is 19.7 Å². The molecule has 10 heteroatoms. The van der Waals surface area contributed by atoms with Crippen LogP contribution in [0.5, 0.6) is 0 Å². The first-order chi connectivity index (χ1) is 10.8. The lowest BCUT2D eigenvalue weighted by Crippen LogP contribution is -2.33. The molecule has 0 spiro atoms. The Morgan fingerprint density at radius 1 is 1.43 bits per heavy atom. The maximum absolute atomic E-state index is 11.5. The topological polar surface area (TPSA) is 111 Å². The molecule has 2 N–H and O–H groups in total. The molecule has 1 aromatic carbocycles. The number of carbonyl (C=O) groups excluding carboxylic acids is 2. The highest BCUT2D eigenvalue weighted by molar-refractivity contribution is 7.80. The SMILES string of the molecule is CCOC(=O)/C=C/C(=O)NC(=S)Nc1ccc(Cl)cc1[N+](=O)[O-]. The van der Waals surface area contributed by atoms with Gasteiger partial charge in [-0.15, -0.1) is 0 Å². The number of nitrogens with one attached hydrogen (secondary N) is 2. The first-order valence-corrected chi connectivity index (χ1v) is 7.02. The predicted octanol–water partition coefficient (Wildman–Crippen LogP) is 2.18. The summed E-state index contributed by atoms with van der Waals surface area (Å²) in [5.74, 6) is -1.36. The van der Waals surface area contributed by atoms with Crippen molar-refractivity contribution in [3.63, 3.8) is 0 Å². The predicted molar refractivity (Wildman–Crippen MR) is 88.2 cm³/mol. The molecule has 0 radical (unpaired) electrons. The van der Waals surface area contributed by atoms with Crippen LogP contribution in [0.25, 0.3) is 0 Å². The normalized spacial score (nSPS) is 10.2. The van der Waals surface area contributed by atoms with Crippen LogP contribution in [0.3, 0.4) is 0 Å². The number of halogens is 1. The molecule has 0 aliphatic rings. The van der Waals surface area contributed by atoms with Crippen molar-refractivity contribution in [3.05, 3.63) is 45.5 Å². The van der Waals surface area contributed by atoms with Crippen LogP contribution in [0, 0.1) is 10.1 Å². The molecule has 0 heterocycles. The van der Waals surface area contributed by atoms with Crippen molar-refractivity contribution in [1.29, 1.82) is 0 Å². The van der Waals surface area contributed by atoms with E-state index in [1.807, 2.05) is 0 Å². The number of carbonyl (C=O) groups is 2. The zero-order chi connectivity index (χ0) is 17.4. The molecule has 0 unspecified atom stereocenters. The molecule has 1 aromatic rings. The molecule has 0 atom stereocenters. The summed E-state index contributed by atoms with van der Waals surface area (Å²) >= 11 is 10.6. The van der Waals surface area contributed by atoms with E-state index in [1.165, 1.54) is 12.1 Å². The van der Waals surface area contributed by atoms with Gasteiger partial charge >= 0.3 is 5.97 Å². The minimum atomic E-state index is -0.688. The van der Waals surface area contributed by atoms with Crippen LogP contribution in [0.2, 0.25) is 5.02 Å². The number of nitrogens with zero attached hydrogens (tertiary/aromatic N) is 1. The van der Waals surface area contributed by atoms with E-state index < -0.39 is 16.8 Å². The molecule has 0 aliphatic heterocycles. The lowest BCUT2D eigenvalue weighted by atomic mass is 10.2. The summed E-state index contributed by atoms with van der Waals surface area (Å²) in [7, 11) is 0. The Labute approximate surface area is 141 Å². The number of nitro groups is 1. The van der Waals surface area contributed by atoms with Crippen LogP contribution in [-0.2, 0) is 14.3 Å². The molecule has 0 fully saturated rings. The van der Waals surface area contributed by atoms with Crippen LogP contribution < -0.4 is 10.6 Å². The number of anilines is 1. The highest BCUT2D eigenvalue weighted by atomic mass is 35.5. The number of hydrogen-bond acceptors (Lipinski definition) is 6. The van der Waals surface area contributed by atoms with Gasteiger partial charge in [0.15, 0.2) is 5.11 Å². The second kappa shape index (κ2) is 8.81. The summed E-state index contributed by atoms with van der Waals surface area (Å²) in [6.45, 7) is 1.81. The number of esters is 1. The monoisotopic (exact) mass is 357 g/mol. The van der Waals surface area contributed by atoms with Gasteiger partial charge in [-0.25, -0.2) is 4.79 Å². The van der Waals surface area contributed by atoms with E-state index in [4.69, 9.17) is 23.8 Å². The van der Waals surface area contributed by atoms with Gasteiger partial charge in [0.25, 0.3) is 5.69 Å². The van der Waals surface area contributed by atoms with Crippen molar-refractivity contribution in [3.8, 4) is 0 Å². The minimum absolute atomic E-state index is 0.0686. The zero-order valence-electron chi connectivity index (χ0n) is 11.9. The minimum Gasteiger partial charge on any atom is -0.463 e. The Kier molecular flexibility index (Phi) is 7.10. The van der Waals surface area contributed by atoms with Crippen molar-refractivity contribution in [2.45, 2.75) is 6.92 Å². The van der Waals surface area contributed by atoms with E-state index in [0.717, 1.165) is 18.2 Å². The number of benzene rings is 1. The summed E-state index contributed by atoms with van der Waals surface area (Å²) < 4.78 is 4.60. The Bertz CT molecular complexity index is 678. The number of amides is 1. The Morgan fingerprint density at radius 3 is 2.74 bits per heavy atom. The molecule has 122 valence electrons. The van der Waals surface area contributed by atoms with E-state index in [2.05, 4.69) is 15.4 Å². The summed E-state index contributed by atoms with van der Waals surface area (Å²) in [5.41, 5.74) is -0.227. The molecule has 1 rings (SSSR count). The maximum Gasteiger partial charge on any atom is 0.330 e. The third-order valence-electron chi connectivity index (χ3n) is 2.30. The van der Waals surface area contributed by atoms with Gasteiger partial charge in [0.05, 0.1) is 11.5 Å². The summed E-state index contributed by atoms with van der Waals surface area (Å²) in [6.07, 6.45) is 1.87. The average molecular weight is 358 g/mol. The number of hydrogen-bond donors (Lipinski definition) is 2. The molecule has 0 aromatic heterocycles. The molecular weight excluding hydrogens is 346 g/mol. The van der Waals surface area contributed by atoms with Crippen molar-refractivity contribution in [2.75, 3.05) is 11.9 Å². The first-order valence-electron chi connectivity index (χ1n) is 6.24. The van der Waals surface area contributed by atoms with Crippen LogP contribution in [0.15, 0.2) is 30.4 Å². The van der Waals surface area contributed by atoms with Crippen LogP contribution in [0.1, 0.15) is 6.92 Å².